The minimum absolute atomic E-state index is 0.551. The summed E-state index contributed by atoms with van der Waals surface area (Å²) in [5, 5.41) is 17.5. The predicted octanol–water partition coefficient (Wildman–Crippen LogP) is 2.47. The van der Waals surface area contributed by atoms with Crippen molar-refractivity contribution < 1.29 is 4.74 Å². The number of thiophene rings is 1. The van der Waals surface area contributed by atoms with Gasteiger partial charge in [0.15, 0.2) is 11.5 Å². The van der Waals surface area contributed by atoms with Gasteiger partial charge in [-0.05, 0) is 36.4 Å². The molecule has 2 atom stereocenters. The highest BCUT2D eigenvalue weighted by atomic mass is 32.1. The molecule has 2 aliphatic rings. The number of anilines is 1. The van der Waals surface area contributed by atoms with Crippen molar-refractivity contribution in [2.75, 3.05) is 24.7 Å². The highest BCUT2D eigenvalue weighted by Gasteiger charge is 2.37. The summed E-state index contributed by atoms with van der Waals surface area (Å²) in [6, 6.07) is 6.69. The predicted molar refractivity (Wildman–Crippen MR) is 88.8 cm³/mol. The van der Waals surface area contributed by atoms with Crippen LogP contribution < -0.4 is 4.90 Å². The molecule has 6 nitrogen and oxygen atoms in total. The van der Waals surface area contributed by atoms with Crippen molar-refractivity contribution in [1.29, 1.82) is 0 Å². The van der Waals surface area contributed by atoms with E-state index in [9.17, 15) is 0 Å². The number of nitrogens with zero attached hydrogens (tertiary/aromatic N) is 5. The summed E-state index contributed by atoms with van der Waals surface area (Å²) in [6.45, 7) is 2.79. The lowest BCUT2D eigenvalue weighted by Gasteiger charge is -2.32. The third-order valence-electron chi connectivity index (χ3n) is 4.90. The molecule has 0 radical (unpaired) electrons. The third kappa shape index (κ3) is 2.14. The van der Waals surface area contributed by atoms with Gasteiger partial charge in [-0.2, -0.15) is 15.9 Å². The van der Waals surface area contributed by atoms with Crippen molar-refractivity contribution in [1.82, 2.24) is 19.8 Å². The van der Waals surface area contributed by atoms with Crippen molar-refractivity contribution in [3.63, 3.8) is 0 Å². The number of fused-ring (bicyclic) bond motifs is 2. The molecule has 5 heterocycles. The highest BCUT2D eigenvalue weighted by molar-refractivity contribution is 7.08. The first kappa shape index (κ1) is 13.4. The molecule has 0 bridgehead atoms. The molecule has 0 spiro atoms. The minimum atomic E-state index is 0.551. The molecule has 2 saturated heterocycles. The van der Waals surface area contributed by atoms with Gasteiger partial charge in [0.2, 0.25) is 0 Å². The maximum atomic E-state index is 5.62. The van der Waals surface area contributed by atoms with Gasteiger partial charge in [0.1, 0.15) is 5.82 Å². The van der Waals surface area contributed by atoms with E-state index < -0.39 is 0 Å². The van der Waals surface area contributed by atoms with Gasteiger partial charge in [0.25, 0.3) is 0 Å². The molecule has 0 N–H and O–H groups in total. The van der Waals surface area contributed by atoms with Gasteiger partial charge in [0.05, 0.1) is 6.61 Å². The van der Waals surface area contributed by atoms with Crippen LogP contribution in [0, 0.1) is 5.92 Å². The maximum Gasteiger partial charge on any atom is 0.186 e. The zero-order chi connectivity index (χ0) is 15.2. The lowest BCUT2D eigenvalue weighted by molar-refractivity contribution is 0.0515. The van der Waals surface area contributed by atoms with Gasteiger partial charge in [-0.25, -0.2) is 0 Å². The zero-order valence-electron chi connectivity index (χ0n) is 12.6. The number of ether oxygens (including phenoxy) is 1. The second kappa shape index (κ2) is 5.28. The molecule has 5 rings (SSSR count). The molecule has 3 aromatic rings. The Kier molecular flexibility index (Phi) is 3.09. The fourth-order valence-corrected chi connectivity index (χ4v) is 4.37. The summed E-state index contributed by atoms with van der Waals surface area (Å²) in [6.07, 6.45) is 2.27. The minimum Gasteiger partial charge on any atom is -0.381 e. The summed E-state index contributed by atoms with van der Waals surface area (Å²) in [7, 11) is 0. The lowest BCUT2D eigenvalue weighted by atomic mass is 9.97. The van der Waals surface area contributed by atoms with E-state index in [-0.39, 0.29) is 0 Å². The first-order valence-electron chi connectivity index (χ1n) is 7.99. The summed E-state index contributed by atoms with van der Waals surface area (Å²) in [5.74, 6) is 2.47. The molecular formula is C16H17N5OS. The Morgan fingerprint density at radius 1 is 1.17 bits per heavy atom. The second-order valence-electron chi connectivity index (χ2n) is 6.17. The quantitative estimate of drug-likeness (QED) is 0.724. The Hall–Kier alpha value is -1.99. The van der Waals surface area contributed by atoms with Crippen LogP contribution in [-0.2, 0) is 4.74 Å². The van der Waals surface area contributed by atoms with E-state index in [4.69, 9.17) is 9.84 Å². The standard InChI is InChI=1S/C16H17N5OS/c1-2-15(20-6-3-11-9-22-7-4-13(11)20)19-21-14(1)17-18-16(21)12-5-8-23-10-12/h1-2,5,8,10-11,13H,3-4,6-7,9H2. The molecule has 118 valence electrons. The largest absolute Gasteiger partial charge is 0.381 e. The van der Waals surface area contributed by atoms with Crippen molar-refractivity contribution in [2.45, 2.75) is 18.9 Å². The van der Waals surface area contributed by atoms with Crippen LogP contribution in [-0.4, -0.2) is 45.6 Å². The van der Waals surface area contributed by atoms with Crippen LogP contribution in [0.5, 0.6) is 0 Å². The van der Waals surface area contributed by atoms with E-state index in [0.29, 0.717) is 12.0 Å². The van der Waals surface area contributed by atoms with Gasteiger partial charge in [-0.3, -0.25) is 0 Å². The highest BCUT2D eigenvalue weighted by Crippen LogP contribution is 2.33. The molecule has 0 saturated carbocycles. The van der Waals surface area contributed by atoms with Gasteiger partial charge in [0, 0.05) is 36.1 Å². The number of aromatic nitrogens is 4. The molecule has 2 fully saturated rings. The first-order valence-corrected chi connectivity index (χ1v) is 8.94. The smallest absolute Gasteiger partial charge is 0.186 e. The summed E-state index contributed by atoms with van der Waals surface area (Å²) in [5.41, 5.74) is 1.86. The van der Waals surface area contributed by atoms with Crippen molar-refractivity contribution in [2.24, 2.45) is 5.92 Å². The fraction of sp³-hybridized carbons (Fsp3) is 0.438. The van der Waals surface area contributed by atoms with Gasteiger partial charge in [-0.15, -0.1) is 15.3 Å². The molecular weight excluding hydrogens is 310 g/mol. The Morgan fingerprint density at radius 2 is 2.17 bits per heavy atom. The van der Waals surface area contributed by atoms with E-state index in [1.807, 2.05) is 16.0 Å². The summed E-state index contributed by atoms with van der Waals surface area (Å²) < 4.78 is 7.49. The summed E-state index contributed by atoms with van der Waals surface area (Å²) >= 11 is 1.66. The Bertz CT molecular complexity index is 830. The first-order chi connectivity index (χ1) is 11.4. The molecule has 0 aromatic carbocycles. The van der Waals surface area contributed by atoms with E-state index >= 15 is 0 Å². The third-order valence-corrected chi connectivity index (χ3v) is 5.58. The summed E-state index contributed by atoms with van der Waals surface area (Å²) in [4.78, 5) is 2.43. The number of rotatable bonds is 2. The van der Waals surface area contributed by atoms with Crippen LogP contribution in [0.2, 0.25) is 0 Å². The van der Waals surface area contributed by atoms with E-state index in [2.05, 4.69) is 32.6 Å². The molecule has 0 amide bonds. The Morgan fingerprint density at radius 3 is 3.09 bits per heavy atom. The topological polar surface area (TPSA) is 55.5 Å². The van der Waals surface area contributed by atoms with Gasteiger partial charge >= 0.3 is 0 Å². The van der Waals surface area contributed by atoms with E-state index in [1.54, 1.807) is 11.3 Å². The Labute approximate surface area is 137 Å². The SMILES string of the molecule is c1cc(-c2nnc3ccc(N4CCC5COCCC54)nn23)cs1. The van der Waals surface area contributed by atoms with Crippen molar-refractivity contribution in [3.05, 3.63) is 29.0 Å². The average molecular weight is 327 g/mol. The van der Waals surface area contributed by atoms with Gasteiger partial charge in [-0.1, -0.05) is 0 Å². The molecule has 3 aromatic heterocycles. The Balaban J connectivity index is 1.56. The molecule has 23 heavy (non-hydrogen) atoms. The lowest BCUT2D eigenvalue weighted by Crippen LogP contribution is -2.39. The zero-order valence-corrected chi connectivity index (χ0v) is 13.4. The maximum absolute atomic E-state index is 5.62. The normalized spacial score (nSPS) is 24.3. The van der Waals surface area contributed by atoms with Gasteiger partial charge < -0.3 is 9.64 Å². The molecule has 7 heteroatoms. The fourth-order valence-electron chi connectivity index (χ4n) is 3.73. The number of hydrogen-bond acceptors (Lipinski definition) is 6. The molecule has 2 unspecified atom stereocenters. The monoisotopic (exact) mass is 327 g/mol. The van der Waals surface area contributed by atoms with Crippen molar-refractivity contribution >= 4 is 22.8 Å². The van der Waals surface area contributed by atoms with Crippen molar-refractivity contribution in [3.8, 4) is 11.4 Å². The number of hydrogen-bond donors (Lipinski definition) is 0. The van der Waals surface area contributed by atoms with Crippen LogP contribution in [0.15, 0.2) is 29.0 Å². The molecule has 0 aliphatic carbocycles. The second-order valence-corrected chi connectivity index (χ2v) is 6.95. The van der Waals surface area contributed by atoms with Crippen LogP contribution in [0.3, 0.4) is 0 Å². The molecule has 2 aliphatic heterocycles. The van der Waals surface area contributed by atoms with Crippen LogP contribution >= 0.6 is 11.3 Å². The van der Waals surface area contributed by atoms with E-state index in [0.717, 1.165) is 49.0 Å². The van der Waals surface area contributed by atoms with Crippen LogP contribution in [0.1, 0.15) is 12.8 Å². The van der Waals surface area contributed by atoms with Crippen LogP contribution in [0.25, 0.3) is 17.0 Å². The van der Waals surface area contributed by atoms with E-state index in [1.165, 1.54) is 6.42 Å². The average Bonchev–Trinajstić information content (AvgIpc) is 3.32. The van der Waals surface area contributed by atoms with Crippen LogP contribution in [0.4, 0.5) is 5.82 Å².